The predicted molar refractivity (Wildman–Crippen MR) is 69.8 cm³/mol. The van der Waals surface area contributed by atoms with E-state index in [9.17, 15) is 5.11 Å². The number of aromatic nitrogens is 2. The molecule has 3 heterocycles. The second-order valence-corrected chi connectivity index (χ2v) is 5.65. The van der Waals surface area contributed by atoms with E-state index in [1.165, 1.54) is 18.4 Å². The van der Waals surface area contributed by atoms with E-state index >= 15 is 0 Å². The Morgan fingerprint density at radius 1 is 1.42 bits per heavy atom. The number of hydrogen-bond acceptors (Lipinski definition) is 4. The van der Waals surface area contributed by atoms with Crippen molar-refractivity contribution < 1.29 is 9.84 Å². The molecule has 3 N–H and O–H groups in total. The van der Waals surface area contributed by atoms with E-state index in [4.69, 9.17) is 10.5 Å². The van der Waals surface area contributed by atoms with Gasteiger partial charge in [0.2, 0.25) is 0 Å². The van der Waals surface area contributed by atoms with Crippen LogP contribution in [-0.4, -0.2) is 27.7 Å². The lowest BCUT2D eigenvalue weighted by molar-refractivity contribution is -0.184. The highest BCUT2D eigenvalue weighted by atomic mass is 16.5. The van der Waals surface area contributed by atoms with E-state index in [0.717, 1.165) is 16.9 Å². The lowest BCUT2D eigenvalue weighted by Gasteiger charge is -2.37. The van der Waals surface area contributed by atoms with Crippen LogP contribution in [0.1, 0.15) is 35.6 Å². The van der Waals surface area contributed by atoms with Gasteiger partial charge in [0.1, 0.15) is 11.2 Å². The first-order valence-electron chi connectivity index (χ1n) is 6.72. The number of imidazole rings is 1. The maximum absolute atomic E-state index is 10.6. The topological polar surface area (TPSA) is 72.8 Å². The first kappa shape index (κ1) is 11.4. The van der Waals surface area contributed by atoms with Gasteiger partial charge < -0.3 is 20.0 Å². The molecular formula is C14H17N3O2. The lowest BCUT2D eigenvalue weighted by Crippen LogP contribution is -2.46. The summed E-state index contributed by atoms with van der Waals surface area (Å²) in [6.07, 6.45) is 6.54. The number of aliphatic hydroxyl groups is 1. The van der Waals surface area contributed by atoms with Gasteiger partial charge in [-0.1, -0.05) is 0 Å². The van der Waals surface area contributed by atoms with Gasteiger partial charge in [-0.15, -0.1) is 0 Å². The number of rotatable bonds is 3. The standard InChI is InChI=1S/C14H17N3O2/c15-4-11-6-17-5-10(9-1-2-9)3-12(13(17)16-11)14(18)7-19-8-14/h3,5-6,9,18H,1-2,4,7-8,15H2. The average Bonchev–Trinajstić information content (AvgIpc) is 3.14. The van der Waals surface area contributed by atoms with Crippen LogP contribution in [-0.2, 0) is 16.9 Å². The molecule has 19 heavy (non-hydrogen) atoms. The highest BCUT2D eigenvalue weighted by molar-refractivity contribution is 5.55. The van der Waals surface area contributed by atoms with E-state index in [1.54, 1.807) is 0 Å². The summed E-state index contributed by atoms with van der Waals surface area (Å²) < 4.78 is 7.18. The second-order valence-electron chi connectivity index (χ2n) is 5.65. The molecule has 4 rings (SSSR count). The number of nitrogens with zero attached hydrogens (tertiary/aromatic N) is 2. The Morgan fingerprint density at radius 3 is 2.79 bits per heavy atom. The molecule has 0 bridgehead atoms. The van der Waals surface area contributed by atoms with Gasteiger partial charge in [-0.25, -0.2) is 4.98 Å². The van der Waals surface area contributed by atoms with Crippen molar-refractivity contribution in [3.8, 4) is 0 Å². The van der Waals surface area contributed by atoms with Crippen LogP contribution >= 0.6 is 0 Å². The number of fused-ring (bicyclic) bond motifs is 1. The SMILES string of the molecule is NCc1cn2cc(C3CC3)cc(C3(O)COC3)c2n1. The summed E-state index contributed by atoms with van der Waals surface area (Å²) in [7, 11) is 0. The molecule has 1 aliphatic heterocycles. The Kier molecular flexibility index (Phi) is 2.27. The number of nitrogens with two attached hydrogens (primary N) is 1. The molecule has 2 fully saturated rings. The van der Waals surface area contributed by atoms with Crippen molar-refractivity contribution in [3.63, 3.8) is 0 Å². The van der Waals surface area contributed by atoms with Crippen LogP contribution in [0.5, 0.6) is 0 Å². The first-order chi connectivity index (χ1) is 9.19. The fourth-order valence-electron chi connectivity index (χ4n) is 2.70. The summed E-state index contributed by atoms with van der Waals surface area (Å²) in [5.74, 6) is 0.636. The molecular weight excluding hydrogens is 242 g/mol. The molecule has 0 atom stereocenters. The molecule has 1 saturated carbocycles. The molecule has 2 aromatic rings. The Bertz CT molecular complexity index is 641. The van der Waals surface area contributed by atoms with Gasteiger partial charge in [-0.05, 0) is 30.4 Å². The van der Waals surface area contributed by atoms with Crippen LogP contribution in [0, 0.1) is 0 Å². The Balaban J connectivity index is 1.94. The molecule has 1 saturated heterocycles. The normalized spacial score (nSPS) is 21.6. The van der Waals surface area contributed by atoms with Gasteiger partial charge in [0.05, 0.1) is 18.9 Å². The minimum absolute atomic E-state index is 0.349. The molecule has 0 spiro atoms. The zero-order chi connectivity index (χ0) is 13.0. The summed E-state index contributed by atoms with van der Waals surface area (Å²) in [6.45, 7) is 1.11. The molecule has 2 aromatic heterocycles. The van der Waals surface area contributed by atoms with Gasteiger partial charge >= 0.3 is 0 Å². The highest BCUT2D eigenvalue weighted by Crippen LogP contribution is 2.42. The molecule has 1 aliphatic carbocycles. The van der Waals surface area contributed by atoms with Crippen LogP contribution in [0.4, 0.5) is 0 Å². The van der Waals surface area contributed by atoms with Crippen molar-refractivity contribution in [3.05, 3.63) is 35.3 Å². The lowest BCUT2D eigenvalue weighted by atomic mass is 9.91. The number of hydrogen-bond donors (Lipinski definition) is 2. The average molecular weight is 259 g/mol. The Labute approximate surface area is 111 Å². The van der Waals surface area contributed by atoms with Crippen molar-refractivity contribution in [1.29, 1.82) is 0 Å². The van der Waals surface area contributed by atoms with E-state index in [1.807, 2.05) is 10.6 Å². The maximum atomic E-state index is 10.6. The van der Waals surface area contributed by atoms with Gasteiger partial charge in [-0.3, -0.25) is 0 Å². The molecule has 5 heteroatoms. The monoisotopic (exact) mass is 259 g/mol. The minimum Gasteiger partial charge on any atom is -0.380 e. The largest absolute Gasteiger partial charge is 0.380 e. The van der Waals surface area contributed by atoms with Gasteiger partial charge in [0, 0.05) is 24.5 Å². The van der Waals surface area contributed by atoms with Crippen molar-refractivity contribution in [2.24, 2.45) is 5.73 Å². The third-order valence-corrected chi connectivity index (χ3v) is 4.06. The van der Waals surface area contributed by atoms with Crippen LogP contribution in [0.2, 0.25) is 0 Å². The van der Waals surface area contributed by atoms with Crippen LogP contribution in [0.3, 0.4) is 0 Å². The smallest absolute Gasteiger partial charge is 0.143 e. The van der Waals surface area contributed by atoms with E-state index in [-0.39, 0.29) is 0 Å². The minimum atomic E-state index is -0.886. The van der Waals surface area contributed by atoms with Gasteiger partial charge in [-0.2, -0.15) is 0 Å². The molecule has 0 radical (unpaired) electrons. The summed E-state index contributed by atoms with van der Waals surface area (Å²) in [6, 6.07) is 2.10. The summed E-state index contributed by atoms with van der Waals surface area (Å²) in [5, 5.41) is 10.6. The molecule has 5 nitrogen and oxygen atoms in total. The third-order valence-electron chi connectivity index (χ3n) is 4.06. The predicted octanol–water partition coefficient (Wildman–Crippen LogP) is 0.888. The van der Waals surface area contributed by atoms with E-state index in [2.05, 4.69) is 17.2 Å². The summed E-state index contributed by atoms with van der Waals surface area (Å²) in [5.41, 5.74) is 8.59. The Morgan fingerprint density at radius 2 is 2.21 bits per heavy atom. The fourth-order valence-corrected chi connectivity index (χ4v) is 2.70. The highest BCUT2D eigenvalue weighted by Gasteiger charge is 2.41. The van der Waals surface area contributed by atoms with Crippen molar-refractivity contribution in [1.82, 2.24) is 9.38 Å². The zero-order valence-electron chi connectivity index (χ0n) is 10.7. The molecule has 0 unspecified atom stereocenters. The Hall–Kier alpha value is -1.43. The zero-order valence-corrected chi connectivity index (χ0v) is 10.7. The molecule has 2 aliphatic rings. The molecule has 100 valence electrons. The number of pyridine rings is 1. The van der Waals surface area contributed by atoms with Crippen molar-refractivity contribution >= 4 is 5.65 Å². The number of ether oxygens (including phenoxy) is 1. The third kappa shape index (κ3) is 1.69. The quantitative estimate of drug-likeness (QED) is 0.858. The molecule has 0 amide bonds. The fraction of sp³-hybridized carbons (Fsp3) is 0.500. The van der Waals surface area contributed by atoms with Crippen LogP contribution in [0.25, 0.3) is 5.65 Å². The summed E-state index contributed by atoms with van der Waals surface area (Å²) in [4.78, 5) is 4.52. The molecule has 0 aromatic carbocycles. The van der Waals surface area contributed by atoms with Crippen molar-refractivity contribution in [2.75, 3.05) is 13.2 Å². The van der Waals surface area contributed by atoms with Crippen LogP contribution in [0.15, 0.2) is 18.5 Å². The summed E-state index contributed by atoms with van der Waals surface area (Å²) >= 11 is 0. The van der Waals surface area contributed by atoms with Gasteiger partial charge in [0.25, 0.3) is 0 Å². The van der Waals surface area contributed by atoms with E-state index < -0.39 is 5.60 Å². The maximum Gasteiger partial charge on any atom is 0.143 e. The van der Waals surface area contributed by atoms with Crippen LogP contribution < -0.4 is 5.73 Å². The van der Waals surface area contributed by atoms with E-state index in [0.29, 0.717) is 25.7 Å². The van der Waals surface area contributed by atoms with Crippen molar-refractivity contribution in [2.45, 2.75) is 30.9 Å². The second kappa shape index (κ2) is 3.79. The van der Waals surface area contributed by atoms with Gasteiger partial charge in [0.15, 0.2) is 0 Å². The first-order valence-corrected chi connectivity index (χ1v) is 6.72.